The van der Waals surface area contributed by atoms with Crippen molar-refractivity contribution in [2.75, 3.05) is 0 Å². The van der Waals surface area contributed by atoms with Crippen molar-refractivity contribution in [3.05, 3.63) is 191 Å². The van der Waals surface area contributed by atoms with Gasteiger partial charge >= 0.3 is 0 Å². The molecule has 0 aliphatic heterocycles. The van der Waals surface area contributed by atoms with Crippen molar-refractivity contribution in [1.82, 2.24) is 14.5 Å². The second-order valence-corrected chi connectivity index (χ2v) is 20.8. The highest BCUT2D eigenvalue weighted by Crippen LogP contribution is 2.46. The van der Waals surface area contributed by atoms with E-state index in [-0.39, 0.29) is 44.4 Å². The molecule has 4 nitrogen and oxygen atoms in total. The molecule has 67 heavy (non-hydrogen) atoms. The number of phenolic OH excluding ortho intramolecular Hbond substituents is 1. The van der Waals surface area contributed by atoms with Crippen LogP contribution in [-0.4, -0.2) is 19.6 Å². The van der Waals surface area contributed by atoms with Gasteiger partial charge in [0, 0.05) is 40.8 Å². The fourth-order valence-electron chi connectivity index (χ4n) is 9.02. The molecule has 9 rings (SSSR count). The van der Waals surface area contributed by atoms with Gasteiger partial charge in [0.05, 0.1) is 28.0 Å². The van der Waals surface area contributed by atoms with Crippen LogP contribution >= 0.6 is 0 Å². The Morgan fingerprint density at radius 2 is 1.15 bits per heavy atom. The van der Waals surface area contributed by atoms with Crippen LogP contribution < -0.4 is 0 Å². The van der Waals surface area contributed by atoms with Crippen molar-refractivity contribution in [3.63, 3.8) is 0 Å². The van der Waals surface area contributed by atoms with Gasteiger partial charge in [0.2, 0.25) is 0 Å². The molecular weight excluding hydrogens is 815 g/mol. The molecule has 0 unspecified atom stereocenters. The van der Waals surface area contributed by atoms with Gasteiger partial charge in [0.25, 0.3) is 0 Å². The molecule has 2 heterocycles. The first kappa shape index (κ1) is 35.2. The molecular formula is C63H63N3O. The van der Waals surface area contributed by atoms with Gasteiger partial charge in [0.15, 0.2) is 0 Å². The summed E-state index contributed by atoms with van der Waals surface area (Å²) in [4.78, 5) is 10.5. The number of rotatable bonds is 7. The molecule has 9 aromatic rings. The number of aromatic hydroxyl groups is 1. The van der Waals surface area contributed by atoms with Crippen molar-refractivity contribution in [3.8, 4) is 78.6 Å². The minimum absolute atomic E-state index is 0.0804. The maximum absolute atomic E-state index is 12.7. The van der Waals surface area contributed by atoms with Crippen LogP contribution in [0.15, 0.2) is 158 Å². The number of aryl methyl sites for hydroxylation is 3. The third-order valence-electron chi connectivity index (χ3n) is 12.7. The zero-order chi connectivity index (χ0) is 55.1. The maximum atomic E-state index is 12.7. The van der Waals surface area contributed by atoms with Gasteiger partial charge in [-0.25, -0.2) is 4.98 Å². The van der Waals surface area contributed by atoms with Crippen molar-refractivity contribution in [2.24, 2.45) is 0 Å². The highest BCUT2D eigenvalue weighted by atomic mass is 16.3. The number of hydrogen-bond donors (Lipinski definition) is 1. The van der Waals surface area contributed by atoms with Crippen LogP contribution in [0.3, 0.4) is 0 Å². The molecule has 0 aliphatic carbocycles. The lowest BCUT2D eigenvalue weighted by atomic mass is 9.79. The average molecular weight is 887 g/mol. The van der Waals surface area contributed by atoms with Crippen LogP contribution in [0.25, 0.3) is 83.9 Å². The summed E-state index contributed by atoms with van der Waals surface area (Å²) in [5, 5.41) is 12.7. The summed E-state index contributed by atoms with van der Waals surface area (Å²) in [6.45, 7) is 10.6. The zero-order valence-electron chi connectivity index (χ0n) is 48.8. The first-order valence-corrected chi connectivity index (χ1v) is 22.9. The molecule has 0 saturated carbocycles. The third-order valence-corrected chi connectivity index (χ3v) is 12.7. The summed E-state index contributed by atoms with van der Waals surface area (Å²) in [7, 11) is 0. The summed E-state index contributed by atoms with van der Waals surface area (Å²) in [6, 6.07) is 48.1. The van der Waals surface area contributed by atoms with Gasteiger partial charge in [0.1, 0.15) is 11.6 Å². The molecule has 4 heteroatoms. The number of pyridine rings is 1. The fraction of sp³-hybridized carbons (Fsp3) is 0.238. The molecule has 0 radical (unpaired) electrons. The molecule has 0 spiro atoms. The van der Waals surface area contributed by atoms with E-state index in [0.717, 1.165) is 67.9 Å². The van der Waals surface area contributed by atoms with Crippen LogP contribution in [0.2, 0.25) is 0 Å². The lowest BCUT2D eigenvalue weighted by Crippen LogP contribution is -2.17. The largest absolute Gasteiger partial charge is 0.507 e. The van der Waals surface area contributed by atoms with Crippen molar-refractivity contribution in [2.45, 2.75) is 99.1 Å². The van der Waals surface area contributed by atoms with Gasteiger partial charge < -0.3 is 5.11 Å². The first-order valence-electron chi connectivity index (χ1n) is 27.4. The first-order chi connectivity index (χ1) is 35.4. The molecule has 336 valence electrons. The van der Waals surface area contributed by atoms with Crippen LogP contribution in [0.5, 0.6) is 5.75 Å². The molecule has 0 bridgehead atoms. The Balaban J connectivity index is 1.40. The molecule has 1 N–H and O–H groups in total. The summed E-state index contributed by atoms with van der Waals surface area (Å²) in [5.74, 6) is 0.524. The van der Waals surface area contributed by atoms with Crippen molar-refractivity contribution < 1.29 is 17.4 Å². The maximum Gasteiger partial charge on any atom is 0.149 e. The average Bonchev–Trinajstić information content (AvgIpc) is 3.79. The molecule has 0 saturated heterocycles. The van der Waals surface area contributed by atoms with Crippen LogP contribution in [0, 0.1) is 20.6 Å². The Morgan fingerprint density at radius 3 is 1.79 bits per heavy atom. The van der Waals surface area contributed by atoms with E-state index in [0.29, 0.717) is 33.7 Å². The number of phenols is 1. The Labute approximate surface area is 410 Å². The topological polar surface area (TPSA) is 50.9 Å². The number of hydrogen-bond acceptors (Lipinski definition) is 3. The predicted molar refractivity (Wildman–Crippen MR) is 283 cm³/mol. The van der Waals surface area contributed by atoms with Crippen LogP contribution in [-0.2, 0) is 16.2 Å². The molecule has 0 aliphatic rings. The molecule has 2 aromatic heterocycles. The molecule has 0 amide bonds. The number of benzene rings is 7. The smallest absolute Gasteiger partial charge is 0.149 e. The normalized spacial score (nSPS) is 14.8. The number of aromatic nitrogens is 3. The quantitative estimate of drug-likeness (QED) is 0.173. The highest BCUT2D eigenvalue weighted by Gasteiger charge is 2.30. The van der Waals surface area contributed by atoms with E-state index in [1.54, 1.807) is 12.1 Å². The summed E-state index contributed by atoms with van der Waals surface area (Å²) in [5.41, 5.74) is 10.2. The molecule has 0 atom stereocenters. The van der Waals surface area contributed by atoms with Gasteiger partial charge in [-0.1, -0.05) is 171 Å². The standard InChI is InChI=1S/C63H63N3O/c1-39-30-40(2)57(41(3)31-39)45-26-27-55(51(35-45)43-22-17-14-18-23-43)66-56-25-19-24-50(58(56)65-60(66)52-37-49(62(7,8)9)38-53(59(52)67)63(10,11)12)46-32-47(34-48(33-46)61(4,5)6)54-36-44(28-29-64-54)42-20-15-13-16-21-42/h13-38,67H,1-12H3/i1D3,2D3,3D3. The Hall–Kier alpha value is -7.04. The number of nitrogens with zero attached hydrogens (tertiary/aromatic N) is 3. The van der Waals surface area contributed by atoms with E-state index in [4.69, 9.17) is 22.3 Å². The Bertz CT molecular complexity index is 3630. The SMILES string of the molecule is [2H]C([2H])([2H])c1cc(C([2H])([2H])[2H])c(-c2ccc(-n3c(-c4cc(C(C)(C)C)cc(C(C)(C)C)c4O)nc4c(-c5cc(-c6cc(-c7ccccc7)ccn6)cc(C(C)(C)C)c5)cccc43)c(-c3ccccc3)c2)c(C([2H])([2H])[2H])c1. The Morgan fingerprint density at radius 1 is 0.493 bits per heavy atom. The zero-order valence-corrected chi connectivity index (χ0v) is 39.8. The third kappa shape index (κ3) is 8.74. The van der Waals surface area contributed by atoms with Crippen molar-refractivity contribution >= 4 is 11.0 Å². The second kappa shape index (κ2) is 17.0. The van der Waals surface area contributed by atoms with E-state index in [2.05, 4.69) is 111 Å². The van der Waals surface area contributed by atoms with E-state index in [9.17, 15) is 5.11 Å². The van der Waals surface area contributed by atoms with Gasteiger partial charge in [-0.3, -0.25) is 9.55 Å². The Kier molecular flexibility index (Phi) is 8.93. The van der Waals surface area contributed by atoms with Gasteiger partial charge in [-0.2, -0.15) is 0 Å². The van der Waals surface area contributed by atoms with Crippen LogP contribution in [0.1, 0.15) is 108 Å². The van der Waals surface area contributed by atoms with Gasteiger partial charge in [-0.15, -0.1) is 0 Å². The number of fused-ring (bicyclic) bond motifs is 1. The lowest BCUT2D eigenvalue weighted by molar-refractivity contribution is 0.446. The fourth-order valence-corrected chi connectivity index (χ4v) is 9.02. The monoisotopic (exact) mass is 887 g/mol. The number of imidazole rings is 1. The predicted octanol–water partition coefficient (Wildman–Crippen LogP) is 16.9. The molecule has 7 aromatic carbocycles. The van der Waals surface area contributed by atoms with E-state index in [1.807, 2.05) is 89.6 Å². The van der Waals surface area contributed by atoms with E-state index >= 15 is 0 Å². The summed E-state index contributed by atoms with van der Waals surface area (Å²) < 4.78 is 78.6. The van der Waals surface area contributed by atoms with E-state index in [1.165, 1.54) is 0 Å². The lowest BCUT2D eigenvalue weighted by Gasteiger charge is -2.27. The molecule has 0 fully saturated rings. The second-order valence-electron chi connectivity index (χ2n) is 20.8. The van der Waals surface area contributed by atoms with Crippen molar-refractivity contribution in [1.29, 1.82) is 0 Å². The highest BCUT2D eigenvalue weighted by molar-refractivity contribution is 5.98. The summed E-state index contributed by atoms with van der Waals surface area (Å²) in [6.07, 6.45) is 1.84. The van der Waals surface area contributed by atoms with Crippen LogP contribution in [0.4, 0.5) is 0 Å². The minimum Gasteiger partial charge on any atom is -0.507 e. The summed E-state index contributed by atoms with van der Waals surface area (Å²) >= 11 is 0. The van der Waals surface area contributed by atoms with E-state index < -0.39 is 26.0 Å². The van der Waals surface area contributed by atoms with Gasteiger partial charge in [-0.05, 0) is 141 Å². The number of para-hydroxylation sites is 1. The minimum atomic E-state index is -2.89.